The fourth-order valence-corrected chi connectivity index (χ4v) is 2.41. The maximum atomic E-state index is 12.0. The lowest BCUT2D eigenvalue weighted by Gasteiger charge is -2.45. The Morgan fingerprint density at radius 3 is 2.31 bits per heavy atom. The number of carbonyl (C=O) groups is 3. The lowest BCUT2D eigenvalue weighted by Crippen LogP contribution is -2.66. The largest absolute Gasteiger partial charge is 0.463 e. The first kappa shape index (κ1) is 22.1. The molecular weight excluding hydrogens is 350 g/mol. The molecule has 0 unspecified atom stereocenters. The average molecular weight is 377 g/mol. The first-order chi connectivity index (χ1) is 11.9. The summed E-state index contributed by atoms with van der Waals surface area (Å²) < 4.78 is 25.8. The van der Waals surface area contributed by atoms with Gasteiger partial charge in [0.15, 0.2) is 5.72 Å². The number of methoxy groups -OCH3 is 1. The molecule has 1 fully saturated rings. The van der Waals surface area contributed by atoms with Crippen LogP contribution < -0.4 is 5.32 Å². The van der Waals surface area contributed by atoms with Crippen molar-refractivity contribution in [1.29, 1.82) is 0 Å². The summed E-state index contributed by atoms with van der Waals surface area (Å²) >= 11 is 0. The van der Waals surface area contributed by atoms with Gasteiger partial charge in [0, 0.05) is 27.4 Å². The normalized spacial score (nSPS) is 28.8. The minimum Gasteiger partial charge on any atom is -0.463 e. The van der Waals surface area contributed by atoms with Gasteiger partial charge in [-0.2, -0.15) is 0 Å². The van der Waals surface area contributed by atoms with E-state index in [1.54, 1.807) is 20.8 Å². The van der Waals surface area contributed by atoms with Gasteiger partial charge in [-0.05, 0) is 20.8 Å². The van der Waals surface area contributed by atoms with Crippen molar-refractivity contribution in [3.05, 3.63) is 0 Å². The quantitative estimate of drug-likeness (QED) is 0.398. The third-order valence-electron chi connectivity index (χ3n) is 3.32. The summed E-state index contributed by atoms with van der Waals surface area (Å²) in [6.45, 7) is 7.19. The van der Waals surface area contributed by atoms with Crippen LogP contribution in [0.4, 0.5) is 4.79 Å². The summed E-state index contributed by atoms with van der Waals surface area (Å²) in [7, 11) is 1.27. The molecule has 0 radical (unpaired) electrons. The first-order valence-corrected chi connectivity index (χ1v) is 8.08. The van der Waals surface area contributed by atoms with E-state index >= 15 is 0 Å². The van der Waals surface area contributed by atoms with Gasteiger partial charge < -0.3 is 28.8 Å². The smallest absolute Gasteiger partial charge is 0.410 e. The second kappa shape index (κ2) is 8.65. The lowest BCUT2D eigenvalue weighted by atomic mass is 9.96. The van der Waals surface area contributed by atoms with Gasteiger partial charge in [-0.3, -0.25) is 14.9 Å². The third kappa shape index (κ3) is 6.77. The van der Waals surface area contributed by atoms with Crippen LogP contribution in [0.25, 0.3) is 0 Å². The van der Waals surface area contributed by atoms with Gasteiger partial charge in [-0.1, -0.05) is 0 Å². The summed E-state index contributed by atoms with van der Waals surface area (Å²) in [5.41, 5.74) is -2.81. The van der Waals surface area contributed by atoms with Crippen LogP contribution in [0.15, 0.2) is 0 Å². The van der Waals surface area contributed by atoms with Crippen molar-refractivity contribution >= 4 is 18.0 Å². The number of aliphatic hydroxyl groups is 1. The summed E-state index contributed by atoms with van der Waals surface area (Å²) in [6.07, 6.45) is -4.32. The van der Waals surface area contributed by atoms with E-state index in [2.05, 4.69) is 5.32 Å². The number of rotatable bonds is 5. The number of esters is 2. The van der Waals surface area contributed by atoms with Crippen molar-refractivity contribution in [1.82, 2.24) is 5.32 Å². The van der Waals surface area contributed by atoms with E-state index in [0.717, 1.165) is 0 Å². The molecule has 0 aromatic rings. The number of amides is 1. The van der Waals surface area contributed by atoms with Gasteiger partial charge in [0.05, 0.1) is 0 Å². The third-order valence-corrected chi connectivity index (χ3v) is 3.32. The minimum atomic E-state index is -2.02. The SMILES string of the molecule is CO[C@H]1O[C@@H](COC(C)=O)[C@H](OC(C)=O)C[C@]1(O)NC(=O)OC(C)(C)C. The molecule has 0 aromatic carbocycles. The zero-order valence-electron chi connectivity index (χ0n) is 15.9. The molecule has 0 saturated carbocycles. The Hall–Kier alpha value is -1.91. The van der Waals surface area contributed by atoms with Crippen LogP contribution in [-0.2, 0) is 33.3 Å². The lowest BCUT2D eigenvalue weighted by molar-refractivity contribution is -0.309. The molecule has 0 aromatic heterocycles. The molecule has 0 aliphatic carbocycles. The monoisotopic (exact) mass is 377 g/mol. The van der Waals surface area contributed by atoms with E-state index in [1.165, 1.54) is 21.0 Å². The number of nitrogens with one attached hydrogen (secondary N) is 1. The zero-order chi connectivity index (χ0) is 20.1. The highest BCUT2D eigenvalue weighted by Gasteiger charge is 2.51. The van der Waals surface area contributed by atoms with Gasteiger partial charge in [-0.25, -0.2) is 4.79 Å². The summed E-state index contributed by atoms with van der Waals surface area (Å²) in [4.78, 5) is 34.4. The van der Waals surface area contributed by atoms with Crippen molar-refractivity contribution in [3.8, 4) is 0 Å². The van der Waals surface area contributed by atoms with Crippen LogP contribution in [0, 0.1) is 0 Å². The summed E-state index contributed by atoms with van der Waals surface area (Å²) in [6, 6.07) is 0. The molecule has 26 heavy (non-hydrogen) atoms. The van der Waals surface area contributed by atoms with E-state index in [1.807, 2.05) is 0 Å². The summed E-state index contributed by atoms with van der Waals surface area (Å²) in [5, 5.41) is 13.1. The van der Waals surface area contributed by atoms with E-state index in [9.17, 15) is 19.5 Å². The zero-order valence-corrected chi connectivity index (χ0v) is 15.9. The highest BCUT2D eigenvalue weighted by molar-refractivity contribution is 5.69. The Bertz CT molecular complexity index is 530. The second-order valence-corrected chi connectivity index (χ2v) is 6.95. The first-order valence-electron chi connectivity index (χ1n) is 8.08. The number of carbonyl (C=O) groups excluding carboxylic acids is 3. The highest BCUT2D eigenvalue weighted by Crippen LogP contribution is 2.30. The van der Waals surface area contributed by atoms with E-state index in [-0.39, 0.29) is 13.0 Å². The predicted octanol–water partition coefficient (Wildman–Crippen LogP) is 0.456. The molecule has 1 saturated heterocycles. The molecule has 10 heteroatoms. The average Bonchev–Trinajstić information content (AvgIpc) is 2.42. The predicted molar refractivity (Wildman–Crippen MR) is 86.8 cm³/mol. The number of hydrogen-bond donors (Lipinski definition) is 2. The Balaban J connectivity index is 2.95. The Labute approximate surface area is 152 Å². The number of ether oxygens (including phenoxy) is 5. The summed E-state index contributed by atoms with van der Waals surface area (Å²) in [5.74, 6) is -1.17. The molecule has 1 rings (SSSR count). The van der Waals surface area contributed by atoms with Gasteiger partial charge in [0.25, 0.3) is 0 Å². The van der Waals surface area contributed by atoms with Crippen molar-refractivity contribution < 1.29 is 43.2 Å². The van der Waals surface area contributed by atoms with Crippen LogP contribution in [0.5, 0.6) is 0 Å². The highest BCUT2D eigenvalue weighted by atomic mass is 16.7. The van der Waals surface area contributed by atoms with Crippen molar-refractivity contribution in [2.24, 2.45) is 0 Å². The molecule has 4 atom stereocenters. The molecule has 2 N–H and O–H groups in total. The van der Waals surface area contributed by atoms with Crippen molar-refractivity contribution in [3.63, 3.8) is 0 Å². The number of hydrogen-bond acceptors (Lipinski definition) is 9. The van der Waals surface area contributed by atoms with Gasteiger partial charge >= 0.3 is 18.0 Å². The van der Waals surface area contributed by atoms with E-state index in [4.69, 9.17) is 23.7 Å². The molecule has 1 aliphatic heterocycles. The van der Waals surface area contributed by atoms with Gasteiger partial charge in [0.1, 0.15) is 24.4 Å². The van der Waals surface area contributed by atoms with Gasteiger partial charge in [-0.15, -0.1) is 0 Å². The molecule has 1 aliphatic rings. The van der Waals surface area contributed by atoms with Gasteiger partial charge in [0.2, 0.25) is 6.29 Å². The van der Waals surface area contributed by atoms with E-state index < -0.39 is 47.9 Å². The fraction of sp³-hybridized carbons (Fsp3) is 0.812. The van der Waals surface area contributed by atoms with Crippen LogP contribution in [0.2, 0.25) is 0 Å². The van der Waals surface area contributed by atoms with Crippen molar-refractivity contribution in [2.45, 2.75) is 70.9 Å². The Kier molecular flexibility index (Phi) is 7.36. The fourth-order valence-electron chi connectivity index (χ4n) is 2.41. The second-order valence-electron chi connectivity index (χ2n) is 6.95. The minimum absolute atomic E-state index is 0.213. The molecule has 150 valence electrons. The molecule has 10 nitrogen and oxygen atoms in total. The van der Waals surface area contributed by atoms with Crippen LogP contribution in [-0.4, -0.2) is 66.7 Å². The maximum Gasteiger partial charge on any atom is 0.410 e. The Morgan fingerprint density at radius 2 is 1.85 bits per heavy atom. The van der Waals surface area contributed by atoms with Crippen LogP contribution >= 0.6 is 0 Å². The van der Waals surface area contributed by atoms with E-state index in [0.29, 0.717) is 0 Å². The maximum absolute atomic E-state index is 12.0. The molecular formula is C16H27NO9. The van der Waals surface area contributed by atoms with Crippen molar-refractivity contribution in [2.75, 3.05) is 13.7 Å². The molecule has 1 amide bonds. The topological polar surface area (TPSA) is 130 Å². The Morgan fingerprint density at radius 1 is 1.23 bits per heavy atom. The molecule has 0 spiro atoms. The molecule has 1 heterocycles. The van der Waals surface area contributed by atoms with Crippen LogP contribution in [0.3, 0.4) is 0 Å². The standard InChI is InChI=1S/C16H27NO9/c1-9(18)23-8-12-11(24-10(2)19)7-16(21,13(22-6)25-12)17-14(20)26-15(3,4)5/h11-13,21H,7-8H2,1-6H3,(H,17,20)/t11-,12+,13+,16-/m1/s1. The van der Waals surface area contributed by atoms with Crippen LogP contribution in [0.1, 0.15) is 41.0 Å². The number of alkyl carbamates (subject to hydrolysis) is 1. The molecule has 0 bridgehead atoms.